The van der Waals surface area contributed by atoms with Gasteiger partial charge in [0.1, 0.15) is 11.5 Å². The second-order valence-corrected chi connectivity index (χ2v) is 7.74. The van der Waals surface area contributed by atoms with Crippen LogP contribution in [0.3, 0.4) is 0 Å². The third kappa shape index (κ3) is 8.23. The van der Waals surface area contributed by atoms with Crippen molar-refractivity contribution in [2.24, 2.45) is 5.10 Å². The molecule has 0 saturated carbocycles. The Bertz CT molecular complexity index is 844. The smallest absolute Gasteiger partial charge is 0.254 e. The van der Waals surface area contributed by atoms with Gasteiger partial charge in [0.25, 0.3) is 5.91 Å². The number of benzene rings is 2. The van der Waals surface area contributed by atoms with Gasteiger partial charge in [0, 0.05) is 29.7 Å². The quantitative estimate of drug-likeness (QED) is 0.419. The summed E-state index contributed by atoms with van der Waals surface area (Å²) in [4.78, 5) is 16.2. The van der Waals surface area contributed by atoms with E-state index in [2.05, 4.69) is 37.4 Å². The number of phenols is 1. The lowest BCUT2D eigenvalue weighted by molar-refractivity contribution is -0.121. The molecule has 0 heterocycles. The Morgan fingerprint density at radius 3 is 2.72 bits per heavy atom. The number of nitrogens with zero attached hydrogens (tertiary/aromatic N) is 3. The zero-order valence-electron chi connectivity index (χ0n) is 16.9. The summed E-state index contributed by atoms with van der Waals surface area (Å²) in [6, 6.07) is 13.0. The lowest BCUT2D eigenvalue weighted by Gasteiger charge is -2.21. The van der Waals surface area contributed by atoms with Crippen LogP contribution in [-0.2, 0) is 11.3 Å². The van der Waals surface area contributed by atoms with E-state index in [1.54, 1.807) is 25.3 Å². The van der Waals surface area contributed by atoms with Crippen LogP contribution in [-0.4, -0.2) is 67.9 Å². The molecule has 0 aromatic heterocycles. The Kier molecular flexibility index (Phi) is 9.11. The first-order chi connectivity index (χ1) is 13.9. The highest BCUT2D eigenvalue weighted by Gasteiger charge is 2.08. The molecule has 0 aliphatic carbocycles. The maximum atomic E-state index is 12.0. The van der Waals surface area contributed by atoms with Gasteiger partial charge in [-0.1, -0.05) is 28.1 Å². The van der Waals surface area contributed by atoms with Crippen LogP contribution in [0.1, 0.15) is 11.1 Å². The highest BCUT2D eigenvalue weighted by Crippen LogP contribution is 2.19. The fourth-order valence-corrected chi connectivity index (χ4v) is 3.04. The van der Waals surface area contributed by atoms with Crippen molar-refractivity contribution in [2.45, 2.75) is 6.54 Å². The van der Waals surface area contributed by atoms with Crippen molar-refractivity contribution >= 4 is 28.1 Å². The monoisotopic (exact) mass is 462 g/mol. The summed E-state index contributed by atoms with van der Waals surface area (Å²) in [7, 11) is 5.60. The number of nitrogens with one attached hydrogen (secondary N) is 1. The van der Waals surface area contributed by atoms with E-state index in [4.69, 9.17) is 4.74 Å². The van der Waals surface area contributed by atoms with Crippen molar-refractivity contribution in [3.05, 3.63) is 58.1 Å². The number of amides is 1. The summed E-state index contributed by atoms with van der Waals surface area (Å²) >= 11 is 3.33. The average molecular weight is 463 g/mol. The highest BCUT2D eigenvalue weighted by atomic mass is 79.9. The molecule has 156 valence electrons. The number of ether oxygens (including phenoxy) is 1. The van der Waals surface area contributed by atoms with Gasteiger partial charge in [-0.3, -0.25) is 9.69 Å². The minimum atomic E-state index is -0.214. The molecule has 2 aromatic carbocycles. The SMILES string of the molecule is COc1cccc(CN(C)CCN(C)CC(=O)N/N=C/c2cc(Br)ccc2O)c1. The number of phenolic OH excluding ortho intramolecular Hbond substituents is 1. The van der Waals surface area contributed by atoms with Gasteiger partial charge in [-0.25, -0.2) is 5.43 Å². The molecule has 0 aliphatic heterocycles. The van der Waals surface area contributed by atoms with Gasteiger partial charge in [-0.2, -0.15) is 5.10 Å². The Labute approximate surface area is 180 Å². The van der Waals surface area contributed by atoms with E-state index in [9.17, 15) is 9.90 Å². The molecule has 0 atom stereocenters. The van der Waals surface area contributed by atoms with Crippen LogP contribution in [0, 0.1) is 0 Å². The number of carbonyl (C=O) groups excluding carboxylic acids is 1. The number of rotatable bonds is 10. The van der Waals surface area contributed by atoms with E-state index in [-0.39, 0.29) is 18.2 Å². The fraction of sp³-hybridized carbons (Fsp3) is 0.333. The molecule has 2 rings (SSSR count). The van der Waals surface area contributed by atoms with Gasteiger partial charge in [-0.05, 0) is 50.0 Å². The van der Waals surface area contributed by atoms with E-state index in [1.807, 2.05) is 37.2 Å². The summed E-state index contributed by atoms with van der Waals surface area (Å²) in [5, 5.41) is 13.7. The maximum Gasteiger partial charge on any atom is 0.254 e. The number of likely N-dealkylation sites (N-methyl/N-ethyl adjacent to an activating group) is 2. The van der Waals surface area contributed by atoms with Gasteiger partial charge < -0.3 is 14.7 Å². The summed E-state index contributed by atoms with van der Waals surface area (Å²) in [5.74, 6) is 0.734. The Morgan fingerprint density at radius 1 is 1.21 bits per heavy atom. The van der Waals surface area contributed by atoms with Crippen molar-refractivity contribution in [3.63, 3.8) is 0 Å². The van der Waals surface area contributed by atoms with Crippen molar-refractivity contribution in [3.8, 4) is 11.5 Å². The van der Waals surface area contributed by atoms with Crippen LogP contribution in [0.5, 0.6) is 11.5 Å². The van der Waals surface area contributed by atoms with E-state index in [1.165, 1.54) is 11.8 Å². The minimum absolute atomic E-state index is 0.0994. The van der Waals surface area contributed by atoms with Crippen molar-refractivity contribution in [1.82, 2.24) is 15.2 Å². The standard InChI is InChI=1S/C21H27BrN4O3/c1-25(14-16-5-4-6-19(11-16)29-3)9-10-26(2)15-21(28)24-23-13-17-12-18(22)7-8-20(17)27/h4-8,11-13,27H,9-10,14-15H2,1-3H3,(H,24,28)/b23-13+. The van der Waals surface area contributed by atoms with E-state index < -0.39 is 0 Å². The normalized spacial score (nSPS) is 11.4. The summed E-state index contributed by atoms with van der Waals surface area (Å²) in [6.45, 7) is 2.59. The summed E-state index contributed by atoms with van der Waals surface area (Å²) in [6.07, 6.45) is 1.42. The lowest BCUT2D eigenvalue weighted by Crippen LogP contribution is -2.37. The molecular weight excluding hydrogens is 436 g/mol. The number of hydrogen-bond acceptors (Lipinski definition) is 6. The van der Waals surface area contributed by atoms with Crippen LogP contribution < -0.4 is 10.2 Å². The molecule has 2 aromatic rings. The molecule has 8 heteroatoms. The van der Waals surface area contributed by atoms with Gasteiger partial charge in [0.2, 0.25) is 0 Å². The average Bonchev–Trinajstić information content (AvgIpc) is 2.69. The zero-order valence-corrected chi connectivity index (χ0v) is 18.5. The second kappa shape index (κ2) is 11.5. The van der Waals surface area contributed by atoms with Gasteiger partial charge >= 0.3 is 0 Å². The van der Waals surface area contributed by atoms with Gasteiger partial charge in [0.15, 0.2) is 0 Å². The maximum absolute atomic E-state index is 12.0. The van der Waals surface area contributed by atoms with Crippen molar-refractivity contribution in [1.29, 1.82) is 0 Å². The summed E-state index contributed by atoms with van der Waals surface area (Å²) in [5.41, 5.74) is 4.18. The van der Waals surface area contributed by atoms with Crippen LogP contribution in [0.2, 0.25) is 0 Å². The first-order valence-electron chi connectivity index (χ1n) is 9.18. The van der Waals surface area contributed by atoms with Crippen LogP contribution in [0.15, 0.2) is 52.0 Å². The fourth-order valence-electron chi connectivity index (χ4n) is 2.67. The van der Waals surface area contributed by atoms with Crippen LogP contribution >= 0.6 is 15.9 Å². The van der Waals surface area contributed by atoms with Crippen molar-refractivity contribution < 1.29 is 14.6 Å². The molecule has 0 saturated heterocycles. The Hall–Kier alpha value is -2.42. The van der Waals surface area contributed by atoms with Crippen molar-refractivity contribution in [2.75, 3.05) is 40.8 Å². The number of methoxy groups -OCH3 is 1. The molecule has 0 radical (unpaired) electrons. The van der Waals surface area contributed by atoms with Gasteiger partial charge in [-0.15, -0.1) is 0 Å². The third-order valence-corrected chi connectivity index (χ3v) is 4.74. The topological polar surface area (TPSA) is 77.4 Å². The summed E-state index contributed by atoms with van der Waals surface area (Å²) < 4.78 is 6.07. The predicted octanol–water partition coefficient (Wildman–Crippen LogP) is 2.68. The van der Waals surface area contributed by atoms with E-state index in [0.29, 0.717) is 5.56 Å². The number of carbonyl (C=O) groups is 1. The van der Waals surface area contributed by atoms with E-state index >= 15 is 0 Å². The lowest BCUT2D eigenvalue weighted by atomic mass is 10.2. The molecule has 0 spiro atoms. The molecule has 7 nitrogen and oxygen atoms in total. The molecule has 0 unspecified atom stereocenters. The van der Waals surface area contributed by atoms with Crippen LogP contribution in [0.25, 0.3) is 0 Å². The predicted molar refractivity (Wildman–Crippen MR) is 118 cm³/mol. The molecule has 0 fully saturated rings. The number of hydrazone groups is 1. The van der Waals surface area contributed by atoms with E-state index in [0.717, 1.165) is 29.9 Å². The second-order valence-electron chi connectivity index (χ2n) is 6.82. The molecular formula is C21H27BrN4O3. The Morgan fingerprint density at radius 2 is 1.97 bits per heavy atom. The zero-order chi connectivity index (χ0) is 21.2. The Balaban J connectivity index is 1.72. The largest absolute Gasteiger partial charge is 0.507 e. The number of halogens is 1. The molecule has 0 aliphatic rings. The van der Waals surface area contributed by atoms with Crippen LogP contribution in [0.4, 0.5) is 0 Å². The third-order valence-electron chi connectivity index (χ3n) is 4.25. The van der Waals surface area contributed by atoms with Gasteiger partial charge in [0.05, 0.1) is 19.9 Å². The number of aromatic hydroxyl groups is 1. The molecule has 0 bridgehead atoms. The molecule has 1 amide bonds. The highest BCUT2D eigenvalue weighted by molar-refractivity contribution is 9.10. The first kappa shape index (κ1) is 22.9. The number of hydrogen-bond donors (Lipinski definition) is 2. The first-order valence-corrected chi connectivity index (χ1v) is 9.97. The molecule has 29 heavy (non-hydrogen) atoms. The minimum Gasteiger partial charge on any atom is -0.507 e. The molecule has 2 N–H and O–H groups in total.